The van der Waals surface area contributed by atoms with Crippen molar-refractivity contribution < 1.29 is 18.7 Å². The largest absolute Gasteiger partial charge is 0.465 e. The lowest BCUT2D eigenvalue weighted by Crippen LogP contribution is -2.35. The molecule has 1 aromatic rings. The van der Waals surface area contributed by atoms with Crippen LogP contribution in [-0.2, 0) is 14.3 Å². The van der Waals surface area contributed by atoms with Crippen LogP contribution in [0.2, 0.25) is 0 Å². The van der Waals surface area contributed by atoms with Gasteiger partial charge in [0.2, 0.25) is 0 Å². The maximum atomic E-state index is 13.2. The Morgan fingerprint density at radius 2 is 2.43 bits per heavy atom. The Balaban J connectivity index is 2.12. The molecule has 0 saturated carbocycles. The van der Waals surface area contributed by atoms with Crippen molar-refractivity contribution in [3.05, 3.63) is 34.1 Å². The first-order valence-corrected chi connectivity index (χ1v) is 7.87. The lowest BCUT2D eigenvalue weighted by atomic mass is 10.1. The minimum absolute atomic E-state index is 0.112. The number of hydrogen-bond donors (Lipinski definition) is 1. The molecule has 1 aliphatic rings. The number of rotatable bonds is 6. The van der Waals surface area contributed by atoms with Crippen LogP contribution < -0.4 is 5.32 Å². The molecule has 1 N–H and O–H groups in total. The first-order valence-electron chi connectivity index (χ1n) is 7.08. The van der Waals surface area contributed by atoms with Crippen LogP contribution >= 0.6 is 15.9 Å². The Kier molecular flexibility index (Phi) is 6.14. The summed E-state index contributed by atoms with van der Waals surface area (Å²) in [6.45, 7) is 3.38. The van der Waals surface area contributed by atoms with Gasteiger partial charge in [-0.15, -0.1) is 0 Å². The van der Waals surface area contributed by atoms with E-state index in [0.717, 1.165) is 19.4 Å². The normalized spacial score (nSPS) is 19.5. The molecule has 116 valence electrons. The second-order valence-corrected chi connectivity index (χ2v) is 5.75. The van der Waals surface area contributed by atoms with E-state index in [4.69, 9.17) is 9.47 Å². The first kappa shape index (κ1) is 16.4. The van der Waals surface area contributed by atoms with E-state index in [-0.39, 0.29) is 17.9 Å². The number of esters is 1. The van der Waals surface area contributed by atoms with Crippen molar-refractivity contribution in [3.8, 4) is 0 Å². The third-order valence-corrected chi connectivity index (χ3v) is 4.06. The van der Waals surface area contributed by atoms with Crippen molar-refractivity contribution in [3.63, 3.8) is 0 Å². The SMILES string of the molecule is CCOC(=O)C(NCC1CCCO1)c1ccc(F)cc1Br. The Hall–Kier alpha value is -0.980. The monoisotopic (exact) mass is 359 g/mol. The third-order valence-electron chi connectivity index (χ3n) is 3.37. The standard InChI is InChI=1S/C15H19BrFNO3/c1-2-20-15(19)14(18-9-11-4-3-7-21-11)12-6-5-10(17)8-13(12)16/h5-6,8,11,14,18H,2-4,7,9H2,1H3. The summed E-state index contributed by atoms with van der Waals surface area (Å²) in [5, 5.41) is 3.17. The van der Waals surface area contributed by atoms with Gasteiger partial charge in [0.05, 0.1) is 12.7 Å². The number of halogens is 2. The molecule has 0 amide bonds. The summed E-state index contributed by atoms with van der Waals surface area (Å²) in [7, 11) is 0. The van der Waals surface area contributed by atoms with Crippen molar-refractivity contribution in [1.29, 1.82) is 0 Å². The number of benzene rings is 1. The van der Waals surface area contributed by atoms with Crippen LogP contribution in [0.4, 0.5) is 4.39 Å². The summed E-state index contributed by atoms with van der Waals surface area (Å²) in [6, 6.07) is 3.63. The molecule has 6 heteroatoms. The van der Waals surface area contributed by atoms with E-state index >= 15 is 0 Å². The molecule has 1 heterocycles. The van der Waals surface area contributed by atoms with Crippen LogP contribution in [0.5, 0.6) is 0 Å². The summed E-state index contributed by atoms with van der Waals surface area (Å²) in [5.41, 5.74) is 0.660. The van der Waals surface area contributed by atoms with Gasteiger partial charge >= 0.3 is 5.97 Å². The predicted molar refractivity (Wildman–Crippen MR) is 80.5 cm³/mol. The van der Waals surface area contributed by atoms with Crippen LogP contribution in [0.15, 0.2) is 22.7 Å². The minimum atomic E-state index is -0.635. The van der Waals surface area contributed by atoms with Crippen molar-refractivity contribution >= 4 is 21.9 Å². The van der Waals surface area contributed by atoms with Crippen molar-refractivity contribution in [2.45, 2.75) is 31.9 Å². The van der Waals surface area contributed by atoms with E-state index in [1.807, 2.05) is 0 Å². The Morgan fingerprint density at radius 1 is 1.62 bits per heavy atom. The summed E-state index contributed by atoms with van der Waals surface area (Å²) in [4.78, 5) is 12.1. The molecule has 1 aromatic carbocycles. The molecule has 0 aromatic heterocycles. The highest BCUT2D eigenvalue weighted by molar-refractivity contribution is 9.10. The van der Waals surface area contributed by atoms with E-state index in [9.17, 15) is 9.18 Å². The average Bonchev–Trinajstić information content (AvgIpc) is 2.94. The molecule has 1 aliphatic heterocycles. The molecule has 0 spiro atoms. The van der Waals surface area contributed by atoms with Crippen molar-refractivity contribution in [2.24, 2.45) is 0 Å². The lowest BCUT2D eigenvalue weighted by molar-refractivity contribution is -0.146. The molecule has 2 unspecified atom stereocenters. The van der Waals surface area contributed by atoms with Crippen LogP contribution in [0.25, 0.3) is 0 Å². The average molecular weight is 360 g/mol. The molecule has 1 saturated heterocycles. The van der Waals surface area contributed by atoms with Gasteiger partial charge in [0.25, 0.3) is 0 Å². The van der Waals surface area contributed by atoms with Crippen LogP contribution in [-0.4, -0.2) is 31.8 Å². The van der Waals surface area contributed by atoms with Gasteiger partial charge in [-0.3, -0.25) is 5.32 Å². The van der Waals surface area contributed by atoms with E-state index in [1.165, 1.54) is 12.1 Å². The number of carbonyl (C=O) groups is 1. The van der Waals surface area contributed by atoms with Gasteiger partial charge in [-0.25, -0.2) is 9.18 Å². The molecule has 0 aliphatic carbocycles. The maximum absolute atomic E-state index is 13.2. The fraction of sp³-hybridized carbons (Fsp3) is 0.533. The van der Waals surface area contributed by atoms with Crippen LogP contribution in [0, 0.1) is 5.82 Å². The van der Waals surface area contributed by atoms with E-state index in [0.29, 0.717) is 23.2 Å². The van der Waals surface area contributed by atoms with E-state index < -0.39 is 6.04 Å². The summed E-state index contributed by atoms with van der Waals surface area (Å²) in [6.07, 6.45) is 2.13. The van der Waals surface area contributed by atoms with Gasteiger partial charge < -0.3 is 9.47 Å². The molecule has 2 rings (SSSR count). The molecule has 21 heavy (non-hydrogen) atoms. The number of nitrogens with one attached hydrogen (secondary N) is 1. The molecular weight excluding hydrogens is 341 g/mol. The zero-order valence-electron chi connectivity index (χ0n) is 11.9. The molecule has 1 fully saturated rings. The van der Waals surface area contributed by atoms with Crippen molar-refractivity contribution in [1.82, 2.24) is 5.32 Å². The fourth-order valence-corrected chi connectivity index (χ4v) is 2.92. The molecular formula is C15H19BrFNO3. The van der Waals surface area contributed by atoms with E-state index in [2.05, 4.69) is 21.2 Å². The zero-order chi connectivity index (χ0) is 15.2. The topological polar surface area (TPSA) is 47.6 Å². The highest BCUT2D eigenvalue weighted by Gasteiger charge is 2.26. The van der Waals surface area contributed by atoms with E-state index in [1.54, 1.807) is 13.0 Å². The van der Waals surface area contributed by atoms with Crippen LogP contribution in [0.1, 0.15) is 31.4 Å². The smallest absolute Gasteiger partial charge is 0.327 e. The molecule has 0 bridgehead atoms. The summed E-state index contributed by atoms with van der Waals surface area (Å²) in [5.74, 6) is -0.727. The van der Waals surface area contributed by atoms with Gasteiger partial charge in [-0.05, 0) is 37.5 Å². The van der Waals surface area contributed by atoms with Gasteiger partial charge in [0.15, 0.2) is 0 Å². The quantitative estimate of drug-likeness (QED) is 0.793. The summed E-state index contributed by atoms with van der Waals surface area (Å²) < 4.78 is 24.4. The van der Waals surface area contributed by atoms with Gasteiger partial charge in [0.1, 0.15) is 11.9 Å². The zero-order valence-corrected chi connectivity index (χ0v) is 13.5. The number of hydrogen-bond acceptors (Lipinski definition) is 4. The second kappa shape index (κ2) is 7.87. The highest BCUT2D eigenvalue weighted by Crippen LogP contribution is 2.26. The van der Waals surface area contributed by atoms with Gasteiger partial charge in [-0.1, -0.05) is 22.0 Å². The first-order chi connectivity index (χ1) is 10.1. The predicted octanol–water partition coefficient (Wildman–Crippen LogP) is 2.96. The molecule has 4 nitrogen and oxygen atoms in total. The Morgan fingerprint density at radius 3 is 3.05 bits per heavy atom. The molecule has 0 radical (unpaired) electrons. The minimum Gasteiger partial charge on any atom is -0.465 e. The van der Waals surface area contributed by atoms with Crippen molar-refractivity contribution in [2.75, 3.05) is 19.8 Å². The highest BCUT2D eigenvalue weighted by atomic mass is 79.9. The Bertz CT molecular complexity index is 492. The third kappa shape index (κ3) is 4.49. The maximum Gasteiger partial charge on any atom is 0.327 e. The Labute approximate surface area is 132 Å². The summed E-state index contributed by atoms with van der Waals surface area (Å²) >= 11 is 3.30. The number of ether oxygens (including phenoxy) is 2. The van der Waals surface area contributed by atoms with Gasteiger partial charge in [-0.2, -0.15) is 0 Å². The van der Waals surface area contributed by atoms with Crippen LogP contribution in [0.3, 0.4) is 0 Å². The fourth-order valence-electron chi connectivity index (χ4n) is 2.34. The van der Waals surface area contributed by atoms with Gasteiger partial charge in [0, 0.05) is 17.6 Å². The number of carbonyl (C=O) groups excluding carboxylic acids is 1. The molecule has 2 atom stereocenters. The lowest BCUT2D eigenvalue weighted by Gasteiger charge is -2.20. The second-order valence-electron chi connectivity index (χ2n) is 4.89.